The topological polar surface area (TPSA) is 67.9 Å². The second-order valence-electron chi connectivity index (χ2n) is 7.11. The first kappa shape index (κ1) is 21.0. The van der Waals surface area contributed by atoms with Crippen molar-refractivity contribution >= 4 is 17.6 Å². The van der Waals surface area contributed by atoms with E-state index in [1.807, 2.05) is 31.2 Å². The minimum absolute atomic E-state index is 0.179. The van der Waals surface area contributed by atoms with Crippen LogP contribution >= 0.6 is 0 Å². The fraction of sp³-hybridized carbons (Fsp3) is 0.391. The number of carbonyl (C=O) groups is 2. The van der Waals surface area contributed by atoms with E-state index in [-0.39, 0.29) is 11.9 Å². The summed E-state index contributed by atoms with van der Waals surface area (Å²) in [7, 11) is 0. The van der Waals surface area contributed by atoms with Gasteiger partial charge in [-0.05, 0) is 48.4 Å². The maximum absolute atomic E-state index is 12.5. The Morgan fingerprint density at radius 1 is 1.00 bits per heavy atom. The first-order valence-electron chi connectivity index (χ1n) is 10.1. The van der Waals surface area contributed by atoms with E-state index in [1.54, 1.807) is 24.3 Å². The van der Waals surface area contributed by atoms with E-state index in [4.69, 9.17) is 9.47 Å². The van der Waals surface area contributed by atoms with Crippen LogP contribution in [0.1, 0.15) is 46.0 Å². The summed E-state index contributed by atoms with van der Waals surface area (Å²) < 4.78 is 10.6. The van der Waals surface area contributed by atoms with Gasteiger partial charge in [-0.3, -0.25) is 9.69 Å². The number of amides is 1. The van der Waals surface area contributed by atoms with Crippen molar-refractivity contribution < 1.29 is 19.1 Å². The van der Waals surface area contributed by atoms with Gasteiger partial charge in [0.05, 0.1) is 25.4 Å². The number of hydrogen-bond donors (Lipinski definition) is 1. The molecule has 1 N–H and O–H groups in total. The van der Waals surface area contributed by atoms with Gasteiger partial charge in [0.1, 0.15) is 0 Å². The van der Waals surface area contributed by atoms with Crippen LogP contribution in [0.25, 0.3) is 0 Å². The van der Waals surface area contributed by atoms with Gasteiger partial charge >= 0.3 is 5.97 Å². The van der Waals surface area contributed by atoms with E-state index >= 15 is 0 Å². The van der Waals surface area contributed by atoms with Crippen molar-refractivity contribution in [3.63, 3.8) is 0 Å². The van der Waals surface area contributed by atoms with Crippen LogP contribution in [0.5, 0.6) is 0 Å². The normalized spacial score (nSPS) is 14.4. The molecule has 0 spiro atoms. The highest BCUT2D eigenvalue weighted by molar-refractivity contribution is 6.04. The molecular weight excluding hydrogens is 368 g/mol. The highest BCUT2D eigenvalue weighted by Gasteiger charge is 2.12. The quantitative estimate of drug-likeness (QED) is 0.544. The second-order valence-corrected chi connectivity index (χ2v) is 7.11. The van der Waals surface area contributed by atoms with Crippen molar-refractivity contribution in [3.05, 3.63) is 65.2 Å². The van der Waals surface area contributed by atoms with Crippen LogP contribution in [0, 0.1) is 0 Å². The first-order valence-corrected chi connectivity index (χ1v) is 10.1. The molecule has 0 saturated carbocycles. The third-order valence-corrected chi connectivity index (χ3v) is 4.84. The summed E-state index contributed by atoms with van der Waals surface area (Å²) >= 11 is 0. The van der Waals surface area contributed by atoms with Gasteiger partial charge in [0.2, 0.25) is 0 Å². The Morgan fingerprint density at radius 3 is 2.31 bits per heavy atom. The summed E-state index contributed by atoms with van der Waals surface area (Å²) in [4.78, 5) is 26.7. The maximum atomic E-state index is 12.5. The van der Waals surface area contributed by atoms with Gasteiger partial charge < -0.3 is 14.8 Å². The third-order valence-electron chi connectivity index (χ3n) is 4.84. The average Bonchev–Trinajstić information content (AvgIpc) is 2.75. The van der Waals surface area contributed by atoms with Crippen LogP contribution in [0.4, 0.5) is 5.69 Å². The number of hydrogen-bond acceptors (Lipinski definition) is 5. The number of morpholine rings is 1. The Morgan fingerprint density at radius 2 is 1.66 bits per heavy atom. The summed E-state index contributed by atoms with van der Waals surface area (Å²) in [5, 5.41) is 2.86. The van der Waals surface area contributed by atoms with Crippen molar-refractivity contribution in [2.75, 3.05) is 38.2 Å². The number of esters is 1. The summed E-state index contributed by atoms with van der Waals surface area (Å²) in [6, 6.07) is 14.4. The molecule has 1 fully saturated rings. The molecule has 6 nitrogen and oxygen atoms in total. The molecule has 29 heavy (non-hydrogen) atoms. The zero-order chi connectivity index (χ0) is 20.5. The first-order chi connectivity index (χ1) is 14.2. The molecule has 0 aliphatic carbocycles. The molecule has 0 atom stereocenters. The number of unbranched alkanes of at least 4 members (excludes halogenated alkanes) is 1. The van der Waals surface area contributed by atoms with Gasteiger partial charge in [0.15, 0.2) is 0 Å². The molecule has 0 radical (unpaired) electrons. The minimum Gasteiger partial charge on any atom is -0.462 e. The average molecular weight is 396 g/mol. The van der Waals surface area contributed by atoms with E-state index in [2.05, 4.69) is 10.2 Å². The molecule has 1 aliphatic heterocycles. The van der Waals surface area contributed by atoms with Gasteiger partial charge in [-0.25, -0.2) is 4.79 Å². The smallest absolute Gasteiger partial charge is 0.338 e. The Labute approximate surface area is 171 Å². The summed E-state index contributed by atoms with van der Waals surface area (Å²) in [6.07, 6.45) is 1.83. The zero-order valence-electron chi connectivity index (χ0n) is 16.9. The summed E-state index contributed by atoms with van der Waals surface area (Å²) in [6.45, 7) is 6.75. The molecule has 6 heteroatoms. The Kier molecular flexibility index (Phi) is 7.78. The lowest BCUT2D eigenvalue weighted by atomic mass is 10.1. The number of nitrogens with one attached hydrogen (secondary N) is 1. The molecule has 2 aromatic rings. The monoisotopic (exact) mass is 396 g/mol. The number of carbonyl (C=O) groups excluding carboxylic acids is 2. The van der Waals surface area contributed by atoms with Crippen molar-refractivity contribution in [2.45, 2.75) is 26.3 Å². The van der Waals surface area contributed by atoms with Crippen LogP contribution in [0.3, 0.4) is 0 Å². The number of rotatable bonds is 8. The van der Waals surface area contributed by atoms with Gasteiger partial charge in [-0.15, -0.1) is 0 Å². The fourth-order valence-corrected chi connectivity index (χ4v) is 3.06. The fourth-order valence-electron chi connectivity index (χ4n) is 3.06. The van der Waals surface area contributed by atoms with Gasteiger partial charge in [0.25, 0.3) is 5.91 Å². The number of ether oxygens (including phenoxy) is 2. The van der Waals surface area contributed by atoms with Crippen LogP contribution in [-0.4, -0.2) is 49.7 Å². The number of benzene rings is 2. The van der Waals surface area contributed by atoms with Gasteiger partial charge in [0, 0.05) is 30.9 Å². The molecule has 1 aliphatic rings. The van der Waals surface area contributed by atoms with Crippen LogP contribution in [0.2, 0.25) is 0 Å². The molecule has 0 aromatic heterocycles. The summed E-state index contributed by atoms with van der Waals surface area (Å²) in [5.41, 5.74) is 2.89. The van der Waals surface area contributed by atoms with E-state index in [0.717, 1.165) is 45.7 Å². The molecule has 2 aromatic carbocycles. The highest BCUT2D eigenvalue weighted by atomic mass is 16.5. The molecule has 0 bridgehead atoms. The van der Waals surface area contributed by atoms with Crippen LogP contribution < -0.4 is 5.32 Å². The summed E-state index contributed by atoms with van der Waals surface area (Å²) in [5.74, 6) is -0.520. The maximum Gasteiger partial charge on any atom is 0.338 e. The standard InChI is InChI=1S/C23H28N2O4/c1-2-3-14-29-23(27)20-8-10-21(11-9-20)24-22(26)19-6-4-18(5-7-19)17-25-12-15-28-16-13-25/h4-11H,2-3,12-17H2,1H3,(H,24,26). The largest absolute Gasteiger partial charge is 0.462 e. The molecular formula is C23H28N2O4. The zero-order valence-corrected chi connectivity index (χ0v) is 16.9. The van der Waals surface area contributed by atoms with Crippen molar-refractivity contribution in [3.8, 4) is 0 Å². The Balaban J connectivity index is 1.52. The number of nitrogens with zero attached hydrogens (tertiary/aromatic N) is 1. The molecule has 154 valence electrons. The Bertz CT molecular complexity index is 797. The lowest BCUT2D eigenvalue weighted by molar-refractivity contribution is 0.0342. The highest BCUT2D eigenvalue weighted by Crippen LogP contribution is 2.14. The predicted molar refractivity (Wildman–Crippen MR) is 112 cm³/mol. The lowest BCUT2D eigenvalue weighted by Crippen LogP contribution is -2.35. The number of anilines is 1. The van der Waals surface area contributed by atoms with Crippen LogP contribution in [0.15, 0.2) is 48.5 Å². The van der Waals surface area contributed by atoms with Crippen molar-refractivity contribution in [1.82, 2.24) is 4.90 Å². The predicted octanol–water partition coefficient (Wildman–Crippen LogP) is 3.73. The second kappa shape index (κ2) is 10.7. The lowest BCUT2D eigenvalue weighted by Gasteiger charge is -2.26. The van der Waals surface area contributed by atoms with E-state index in [1.165, 1.54) is 5.56 Å². The molecule has 1 saturated heterocycles. The Hall–Kier alpha value is -2.70. The molecule has 0 unspecified atom stereocenters. The van der Waals surface area contributed by atoms with E-state index in [0.29, 0.717) is 23.4 Å². The minimum atomic E-state index is -0.341. The van der Waals surface area contributed by atoms with Gasteiger partial charge in [-0.1, -0.05) is 25.5 Å². The molecule has 1 amide bonds. The van der Waals surface area contributed by atoms with E-state index in [9.17, 15) is 9.59 Å². The van der Waals surface area contributed by atoms with Crippen LogP contribution in [-0.2, 0) is 16.0 Å². The molecule has 1 heterocycles. The molecule has 3 rings (SSSR count). The third kappa shape index (κ3) is 6.41. The van der Waals surface area contributed by atoms with Gasteiger partial charge in [-0.2, -0.15) is 0 Å². The van der Waals surface area contributed by atoms with E-state index < -0.39 is 0 Å². The van der Waals surface area contributed by atoms with Crippen molar-refractivity contribution in [2.24, 2.45) is 0 Å². The van der Waals surface area contributed by atoms with Crippen molar-refractivity contribution in [1.29, 1.82) is 0 Å². The SMILES string of the molecule is CCCCOC(=O)c1ccc(NC(=O)c2ccc(CN3CCOCC3)cc2)cc1.